The van der Waals surface area contributed by atoms with Crippen LogP contribution < -0.4 is 0 Å². The second kappa shape index (κ2) is 9.77. The van der Waals surface area contributed by atoms with Crippen molar-refractivity contribution in [1.82, 2.24) is 0 Å². The molecule has 0 aliphatic carbocycles. The first-order valence-corrected chi connectivity index (χ1v) is 2.35. The fourth-order valence-electron chi connectivity index (χ4n) is 0. The molecule has 0 spiro atoms. The summed E-state index contributed by atoms with van der Waals surface area (Å²) in [6.07, 6.45) is 0. The third-order valence-corrected chi connectivity index (χ3v) is 0. The average Bonchev–Trinajstić information content (AvgIpc) is 1.41. The zero-order valence-corrected chi connectivity index (χ0v) is 10.2. The molecule has 0 bridgehead atoms. The van der Waals surface area contributed by atoms with Gasteiger partial charge in [-0.3, -0.25) is 0 Å². The molecule has 0 radical (unpaired) electrons. The molecular weight excluding hydrogens is 374 g/mol. The maximum atomic E-state index is 8.71. The monoisotopic (exact) mass is 383 g/mol. The van der Waals surface area contributed by atoms with Gasteiger partial charge in [0.25, 0.3) is 0 Å². The SMILES string of the molecule is [Ce].[O-][N+](O)(O)O.[O-][N+](O)(O)O.[O-][N+](O)(O)O. The molecule has 16 heteroatoms. The van der Waals surface area contributed by atoms with Crippen molar-refractivity contribution in [2.45, 2.75) is 0 Å². The van der Waals surface area contributed by atoms with Crippen molar-refractivity contribution in [1.29, 1.82) is 0 Å². The Morgan fingerprint density at radius 1 is 0.438 bits per heavy atom. The minimum atomic E-state index is -3.25. The Balaban J connectivity index is -0.0000000655. The summed E-state index contributed by atoms with van der Waals surface area (Å²) in [6, 6.07) is 0. The maximum Gasteiger partial charge on any atom is 0.0686 e. The van der Waals surface area contributed by atoms with Gasteiger partial charge in [0.2, 0.25) is 0 Å². The molecule has 0 aliphatic rings. The van der Waals surface area contributed by atoms with Gasteiger partial charge in [-0.15, -0.1) is 46.9 Å². The molecule has 16 heavy (non-hydrogen) atoms. The van der Waals surface area contributed by atoms with Gasteiger partial charge in [0.1, 0.15) is 0 Å². The van der Waals surface area contributed by atoms with Gasteiger partial charge >= 0.3 is 0 Å². The summed E-state index contributed by atoms with van der Waals surface area (Å²) in [7, 11) is 0. The van der Waals surface area contributed by atoms with E-state index in [2.05, 4.69) is 0 Å². The Morgan fingerprint density at radius 2 is 0.438 bits per heavy atom. The fraction of sp³-hybridized carbons (Fsp3) is 0. The first-order chi connectivity index (χ1) is 6.00. The van der Waals surface area contributed by atoms with Crippen LogP contribution in [-0.2, 0) is 0 Å². The molecule has 0 unspecified atom stereocenters. The Kier molecular flexibility index (Phi) is 15.6. The van der Waals surface area contributed by atoms with Gasteiger partial charge in [0.15, 0.2) is 0 Å². The zero-order valence-electron chi connectivity index (χ0n) is 7.09. The quantitative estimate of drug-likeness (QED) is 0.169. The molecule has 0 heterocycles. The first-order valence-electron chi connectivity index (χ1n) is 2.35. The molecule has 0 saturated carbocycles. The van der Waals surface area contributed by atoms with Crippen LogP contribution in [-0.4, -0.2) is 62.3 Å². The van der Waals surface area contributed by atoms with Crippen LogP contribution in [0.2, 0.25) is 0 Å². The summed E-state index contributed by atoms with van der Waals surface area (Å²) in [5, 5.41) is 79.5. The van der Waals surface area contributed by atoms with E-state index in [9.17, 15) is 0 Å². The van der Waals surface area contributed by atoms with Gasteiger partial charge in [0.05, 0.1) is 15.4 Å². The number of rotatable bonds is 0. The van der Waals surface area contributed by atoms with E-state index >= 15 is 0 Å². The van der Waals surface area contributed by atoms with Crippen molar-refractivity contribution in [3.63, 3.8) is 0 Å². The van der Waals surface area contributed by atoms with Crippen molar-refractivity contribution in [2.24, 2.45) is 0 Å². The standard InChI is InChI=1S/Ce.3H3NO4/c;3*2-1(3,4)5/h;3*2-4H. The summed E-state index contributed by atoms with van der Waals surface area (Å²) < 4.78 is 0. The number of hydrogen-bond acceptors (Lipinski definition) is 12. The van der Waals surface area contributed by atoms with Crippen LogP contribution >= 0.6 is 0 Å². The van der Waals surface area contributed by atoms with E-state index in [-0.39, 0.29) is 41.7 Å². The molecule has 0 fully saturated rings. The van der Waals surface area contributed by atoms with E-state index in [0.29, 0.717) is 0 Å². The minimum absolute atomic E-state index is 0. The van der Waals surface area contributed by atoms with Crippen LogP contribution in [0.1, 0.15) is 0 Å². The number of hydrogen-bond donors (Lipinski definition) is 9. The summed E-state index contributed by atoms with van der Waals surface area (Å²) in [4.78, 5) is 0. The van der Waals surface area contributed by atoms with Crippen molar-refractivity contribution >= 4 is 0 Å². The van der Waals surface area contributed by atoms with E-state index in [1.165, 1.54) is 0 Å². The van der Waals surface area contributed by atoms with Gasteiger partial charge < -0.3 is 15.6 Å². The Bertz CT molecular complexity index is 91.3. The van der Waals surface area contributed by atoms with E-state index in [4.69, 9.17) is 62.5 Å². The molecule has 0 saturated heterocycles. The summed E-state index contributed by atoms with van der Waals surface area (Å²) in [6.45, 7) is 0. The van der Waals surface area contributed by atoms with E-state index in [1.807, 2.05) is 0 Å². The van der Waals surface area contributed by atoms with Gasteiger partial charge in [0, 0.05) is 41.7 Å². The predicted molar refractivity (Wildman–Crippen MR) is 27.0 cm³/mol. The van der Waals surface area contributed by atoms with Gasteiger partial charge in [-0.05, 0) is 0 Å². The number of nitrogens with zero attached hydrogens (tertiary/aromatic N) is 3. The Morgan fingerprint density at radius 3 is 0.438 bits per heavy atom. The largest absolute Gasteiger partial charge is 0.529 e. The molecule has 0 amide bonds. The minimum Gasteiger partial charge on any atom is -0.529 e. The maximum absolute atomic E-state index is 8.71. The third kappa shape index (κ3) is 4650. The van der Waals surface area contributed by atoms with Gasteiger partial charge in [-0.25, -0.2) is 0 Å². The summed E-state index contributed by atoms with van der Waals surface area (Å²) in [5.74, 6) is 0. The van der Waals surface area contributed by atoms with Gasteiger partial charge in [-0.1, -0.05) is 0 Å². The summed E-state index contributed by atoms with van der Waals surface area (Å²) >= 11 is 0. The van der Waals surface area contributed by atoms with Crippen LogP contribution in [0.5, 0.6) is 0 Å². The Hall–Kier alpha value is 0.777. The molecule has 0 aromatic heterocycles. The van der Waals surface area contributed by atoms with Crippen molar-refractivity contribution in [3.05, 3.63) is 15.6 Å². The smallest absolute Gasteiger partial charge is 0.0686 e. The molecule has 9 N–H and O–H groups in total. The predicted octanol–water partition coefficient (Wildman–Crippen LogP) is -1.59. The van der Waals surface area contributed by atoms with Crippen LogP contribution in [0.4, 0.5) is 0 Å². The topological polar surface area (TPSA) is 251 Å². The molecule has 0 aromatic carbocycles. The van der Waals surface area contributed by atoms with Crippen LogP contribution in [0.3, 0.4) is 0 Å². The normalized spacial score (nSPS) is 11.2. The van der Waals surface area contributed by atoms with Crippen LogP contribution in [0.15, 0.2) is 0 Å². The third-order valence-electron chi connectivity index (χ3n) is 0. The fourth-order valence-corrected chi connectivity index (χ4v) is 0. The van der Waals surface area contributed by atoms with Crippen molar-refractivity contribution in [2.75, 3.05) is 0 Å². The molecule has 0 aliphatic heterocycles. The van der Waals surface area contributed by atoms with Crippen molar-refractivity contribution < 1.29 is 104 Å². The van der Waals surface area contributed by atoms with Crippen LogP contribution in [0, 0.1) is 57.4 Å². The average molecular weight is 383 g/mol. The zero-order chi connectivity index (χ0) is 13.5. The molecule has 0 rings (SSSR count). The second-order valence-corrected chi connectivity index (χ2v) is 1.54. The van der Waals surface area contributed by atoms with Crippen LogP contribution in [0.25, 0.3) is 0 Å². The molecule has 0 aromatic rings. The first kappa shape index (κ1) is 25.6. The molecule has 15 nitrogen and oxygen atoms in total. The molecule has 0 atom stereocenters. The second-order valence-electron chi connectivity index (χ2n) is 1.54. The van der Waals surface area contributed by atoms with Gasteiger partial charge in [-0.2, -0.15) is 0 Å². The Labute approximate surface area is 119 Å². The van der Waals surface area contributed by atoms with E-state index in [1.54, 1.807) is 0 Å². The van der Waals surface area contributed by atoms with E-state index in [0.717, 1.165) is 0 Å². The molecule has 100 valence electrons. The number of quaternary nitrogens is 3. The van der Waals surface area contributed by atoms with Crippen molar-refractivity contribution in [3.8, 4) is 0 Å². The molecular formula is H9CeN3O12. The summed E-state index contributed by atoms with van der Waals surface area (Å²) in [5.41, 5.74) is 0. The van der Waals surface area contributed by atoms with E-state index < -0.39 is 15.4 Å².